The second-order valence-electron chi connectivity index (χ2n) is 6.10. The molecule has 0 atom stereocenters. The van der Waals surface area contributed by atoms with E-state index < -0.39 is 0 Å². The van der Waals surface area contributed by atoms with Crippen LogP contribution in [0.2, 0.25) is 5.02 Å². The minimum Gasteiger partial charge on any atom is -0.324 e. The number of carbonyl (C=O) groups excluding carboxylic acids is 1. The van der Waals surface area contributed by atoms with Gasteiger partial charge in [-0.25, -0.2) is 9.97 Å². The molecule has 0 aliphatic heterocycles. The average Bonchev–Trinajstić information content (AvgIpc) is 2.64. The molecular formula is C20H19ClN4O. The van der Waals surface area contributed by atoms with E-state index in [1.54, 1.807) is 36.5 Å². The molecule has 1 amide bonds. The lowest BCUT2D eigenvalue weighted by atomic mass is 10.0. The number of anilines is 3. The summed E-state index contributed by atoms with van der Waals surface area (Å²) in [4.78, 5) is 20.8. The molecule has 3 rings (SSSR count). The zero-order valence-electron chi connectivity index (χ0n) is 14.5. The van der Waals surface area contributed by atoms with E-state index in [2.05, 4.69) is 46.6 Å². The molecule has 0 aliphatic carbocycles. The largest absolute Gasteiger partial charge is 0.324 e. The second kappa shape index (κ2) is 7.97. The van der Waals surface area contributed by atoms with Crippen LogP contribution in [-0.4, -0.2) is 15.9 Å². The van der Waals surface area contributed by atoms with Crippen LogP contribution in [0.4, 0.5) is 17.3 Å². The third-order valence-electron chi connectivity index (χ3n) is 3.84. The summed E-state index contributed by atoms with van der Waals surface area (Å²) in [5.41, 5.74) is 2.90. The molecule has 2 aromatic carbocycles. The van der Waals surface area contributed by atoms with Gasteiger partial charge in [0.25, 0.3) is 5.91 Å². The van der Waals surface area contributed by atoms with E-state index >= 15 is 0 Å². The van der Waals surface area contributed by atoms with E-state index in [0.29, 0.717) is 22.6 Å². The number of nitrogens with one attached hydrogen (secondary N) is 2. The van der Waals surface area contributed by atoms with Gasteiger partial charge in [0.2, 0.25) is 5.95 Å². The van der Waals surface area contributed by atoms with Gasteiger partial charge in [-0.3, -0.25) is 4.79 Å². The summed E-state index contributed by atoms with van der Waals surface area (Å²) in [6.45, 7) is 4.29. The lowest BCUT2D eigenvalue weighted by molar-refractivity contribution is 0.102. The third-order valence-corrected chi connectivity index (χ3v) is 4.17. The predicted molar refractivity (Wildman–Crippen MR) is 105 cm³/mol. The molecule has 1 aromatic heterocycles. The van der Waals surface area contributed by atoms with Crippen LogP contribution < -0.4 is 10.6 Å². The minimum atomic E-state index is -0.348. The summed E-state index contributed by atoms with van der Waals surface area (Å²) in [7, 11) is 0. The number of aromatic nitrogens is 2. The van der Waals surface area contributed by atoms with Crippen LogP contribution in [0.15, 0.2) is 60.8 Å². The standard InChI is InChI=1S/C20H19ClN4O/c1-13(2)14-7-9-15(10-8-14)23-20-22-12-11-18(25-20)19(26)24-17-6-4-3-5-16(17)21/h3-13H,1-2H3,(H,24,26)(H,22,23,25). The number of nitrogens with zero attached hydrogens (tertiary/aromatic N) is 2. The Hall–Kier alpha value is -2.92. The van der Waals surface area contributed by atoms with Crippen molar-refractivity contribution >= 4 is 34.8 Å². The summed E-state index contributed by atoms with van der Waals surface area (Å²) < 4.78 is 0. The predicted octanol–water partition coefficient (Wildman–Crippen LogP) is 5.25. The van der Waals surface area contributed by atoms with Crippen molar-refractivity contribution in [2.45, 2.75) is 19.8 Å². The van der Waals surface area contributed by atoms with E-state index in [1.165, 1.54) is 5.56 Å². The van der Waals surface area contributed by atoms with Crippen LogP contribution in [0.1, 0.15) is 35.8 Å². The molecule has 0 spiro atoms. The molecule has 0 radical (unpaired) electrons. The van der Waals surface area contributed by atoms with Gasteiger partial charge in [-0.1, -0.05) is 49.7 Å². The molecule has 0 aliphatic rings. The molecule has 0 saturated heterocycles. The number of benzene rings is 2. The number of carbonyl (C=O) groups is 1. The Labute approximate surface area is 157 Å². The molecule has 5 nitrogen and oxygen atoms in total. The van der Waals surface area contributed by atoms with Gasteiger partial charge >= 0.3 is 0 Å². The summed E-state index contributed by atoms with van der Waals surface area (Å²) in [6, 6.07) is 16.7. The molecular weight excluding hydrogens is 348 g/mol. The fourth-order valence-corrected chi connectivity index (χ4v) is 2.56. The number of amides is 1. The van der Waals surface area contributed by atoms with Gasteiger partial charge in [0, 0.05) is 11.9 Å². The third kappa shape index (κ3) is 4.37. The first-order valence-corrected chi connectivity index (χ1v) is 8.66. The first-order chi connectivity index (χ1) is 12.5. The van der Waals surface area contributed by atoms with Crippen molar-refractivity contribution in [2.75, 3.05) is 10.6 Å². The maximum absolute atomic E-state index is 12.4. The van der Waals surface area contributed by atoms with Crippen molar-refractivity contribution in [3.05, 3.63) is 77.1 Å². The summed E-state index contributed by atoms with van der Waals surface area (Å²) in [5, 5.41) is 6.33. The van der Waals surface area contributed by atoms with Gasteiger partial charge in [0.15, 0.2) is 0 Å². The fraction of sp³-hybridized carbons (Fsp3) is 0.150. The van der Waals surface area contributed by atoms with Crippen molar-refractivity contribution in [1.29, 1.82) is 0 Å². The Bertz CT molecular complexity index is 910. The topological polar surface area (TPSA) is 66.9 Å². The molecule has 6 heteroatoms. The molecule has 0 bridgehead atoms. The van der Waals surface area contributed by atoms with Crippen LogP contribution in [0.3, 0.4) is 0 Å². The Morgan fingerprint density at radius 2 is 1.77 bits per heavy atom. The van der Waals surface area contributed by atoms with E-state index in [1.807, 2.05) is 12.1 Å². The highest BCUT2D eigenvalue weighted by Gasteiger charge is 2.11. The Morgan fingerprint density at radius 1 is 1.04 bits per heavy atom. The number of halogens is 1. The maximum atomic E-state index is 12.4. The normalized spacial score (nSPS) is 10.6. The average molecular weight is 367 g/mol. The van der Waals surface area contributed by atoms with Crippen LogP contribution in [0.5, 0.6) is 0 Å². The highest BCUT2D eigenvalue weighted by molar-refractivity contribution is 6.33. The summed E-state index contributed by atoms with van der Waals surface area (Å²) in [6.07, 6.45) is 1.54. The van der Waals surface area contributed by atoms with E-state index in [4.69, 9.17) is 11.6 Å². The van der Waals surface area contributed by atoms with Crippen molar-refractivity contribution < 1.29 is 4.79 Å². The monoisotopic (exact) mass is 366 g/mol. The van der Waals surface area contributed by atoms with Gasteiger partial charge in [-0.05, 0) is 41.8 Å². The van der Waals surface area contributed by atoms with Crippen LogP contribution in [0.25, 0.3) is 0 Å². The minimum absolute atomic E-state index is 0.251. The molecule has 3 aromatic rings. The van der Waals surface area contributed by atoms with Crippen molar-refractivity contribution in [1.82, 2.24) is 9.97 Å². The van der Waals surface area contributed by atoms with Crippen molar-refractivity contribution in [3.8, 4) is 0 Å². The number of hydrogen-bond acceptors (Lipinski definition) is 4. The highest BCUT2D eigenvalue weighted by atomic mass is 35.5. The Morgan fingerprint density at radius 3 is 2.46 bits per heavy atom. The van der Waals surface area contributed by atoms with E-state index in [-0.39, 0.29) is 11.6 Å². The molecule has 0 fully saturated rings. The van der Waals surface area contributed by atoms with E-state index in [9.17, 15) is 4.79 Å². The Kier molecular flexibility index (Phi) is 5.49. The van der Waals surface area contributed by atoms with Crippen LogP contribution in [0, 0.1) is 0 Å². The molecule has 26 heavy (non-hydrogen) atoms. The van der Waals surface area contributed by atoms with Crippen molar-refractivity contribution in [3.63, 3.8) is 0 Å². The zero-order valence-corrected chi connectivity index (χ0v) is 15.3. The number of para-hydroxylation sites is 1. The van der Waals surface area contributed by atoms with Crippen LogP contribution >= 0.6 is 11.6 Å². The van der Waals surface area contributed by atoms with Gasteiger partial charge in [-0.15, -0.1) is 0 Å². The quantitative estimate of drug-likeness (QED) is 0.647. The molecule has 0 unspecified atom stereocenters. The van der Waals surface area contributed by atoms with Gasteiger partial charge in [0.1, 0.15) is 5.69 Å². The molecule has 0 saturated carbocycles. The maximum Gasteiger partial charge on any atom is 0.274 e. The molecule has 2 N–H and O–H groups in total. The highest BCUT2D eigenvalue weighted by Crippen LogP contribution is 2.22. The lowest BCUT2D eigenvalue weighted by Crippen LogP contribution is -2.15. The summed E-state index contributed by atoms with van der Waals surface area (Å²) >= 11 is 6.07. The lowest BCUT2D eigenvalue weighted by Gasteiger charge is -2.09. The smallest absolute Gasteiger partial charge is 0.274 e. The van der Waals surface area contributed by atoms with Gasteiger partial charge in [-0.2, -0.15) is 0 Å². The first kappa shape index (κ1) is 17.9. The zero-order chi connectivity index (χ0) is 18.5. The summed E-state index contributed by atoms with van der Waals surface area (Å²) in [5.74, 6) is 0.477. The number of rotatable bonds is 5. The van der Waals surface area contributed by atoms with Crippen LogP contribution in [-0.2, 0) is 0 Å². The number of hydrogen-bond donors (Lipinski definition) is 2. The van der Waals surface area contributed by atoms with Gasteiger partial charge < -0.3 is 10.6 Å². The SMILES string of the molecule is CC(C)c1ccc(Nc2nccc(C(=O)Nc3ccccc3Cl)n2)cc1. The fourth-order valence-electron chi connectivity index (χ4n) is 2.37. The first-order valence-electron chi connectivity index (χ1n) is 8.29. The molecule has 132 valence electrons. The van der Waals surface area contributed by atoms with E-state index in [0.717, 1.165) is 5.69 Å². The Balaban J connectivity index is 1.73. The second-order valence-corrected chi connectivity index (χ2v) is 6.51. The van der Waals surface area contributed by atoms with Crippen molar-refractivity contribution in [2.24, 2.45) is 0 Å². The van der Waals surface area contributed by atoms with Gasteiger partial charge in [0.05, 0.1) is 10.7 Å². The molecule has 1 heterocycles.